The minimum Gasteiger partial charge on any atom is -0.388 e. The van der Waals surface area contributed by atoms with E-state index in [0.717, 1.165) is 12.1 Å². The third-order valence-corrected chi connectivity index (χ3v) is 2.98. The summed E-state index contributed by atoms with van der Waals surface area (Å²) in [6.45, 7) is 5.70. The molecule has 102 valence electrons. The van der Waals surface area contributed by atoms with Crippen LogP contribution in [0.25, 0.3) is 0 Å². The molecule has 0 aromatic heterocycles. The van der Waals surface area contributed by atoms with Crippen LogP contribution < -0.4 is 5.73 Å². The van der Waals surface area contributed by atoms with Gasteiger partial charge in [-0.05, 0) is 29.5 Å². The fraction of sp³-hybridized carbons (Fsp3) is 0.538. The first-order valence-electron chi connectivity index (χ1n) is 5.71. The molecule has 1 aromatic rings. The first kappa shape index (κ1) is 15.0. The molecule has 0 bridgehead atoms. The quantitative estimate of drug-likeness (QED) is 0.822. The molecule has 0 spiro atoms. The molecule has 0 fully saturated rings. The van der Waals surface area contributed by atoms with Gasteiger partial charge in [0, 0.05) is 6.04 Å². The predicted molar refractivity (Wildman–Crippen MR) is 63.3 cm³/mol. The van der Waals surface area contributed by atoms with Crippen LogP contribution in [0.4, 0.5) is 13.2 Å². The Balaban J connectivity index is 2.88. The lowest BCUT2D eigenvalue weighted by atomic mass is 9.83. The average Bonchev–Trinajstić information content (AvgIpc) is 2.23. The van der Waals surface area contributed by atoms with Gasteiger partial charge in [-0.1, -0.05) is 20.8 Å². The summed E-state index contributed by atoms with van der Waals surface area (Å²) >= 11 is 0. The molecule has 0 radical (unpaired) electrons. The zero-order valence-electron chi connectivity index (χ0n) is 10.7. The molecular weight excluding hydrogens is 243 g/mol. The number of halogens is 3. The smallest absolute Gasteiger partial charge is 0.194 e. The molecule has 0 aliphatic rings. The van der Waals surface area contributed by atoms with Gasteiger partial charge in [-0.25, -0.2) is 13.2 Å². The Kier molecular flexibility index (Phi) is 4.40. The predicted octanol–water partition coefficient (Wildman–Crippen LogP) is 2.90. The van der Waals surface area contributed by atoms with Crippen LogP contribution in [0.15, 0.2) is 12.1 Å². The number of benzene rings is 1. The molecule has 0 amide bonds. The number of aliphatic hydroxyl groups is 1. The van der Waals surface area contributed by atoms with E-state index in [-0.39, 0.29) is 23.4 Å². The highest BCUT2D eigenvalue weighted by atomic mass is 19.2. The van der Waals surface area contributed by atoms with Crippen molar-refractivity contribution in [2.24, 2.45) is 11.1 Å². The van der Waals surface area contributed by atoms with Crippen LogP contribution >= 0.6 is 0 Å². The summed E-state index contributed by atoms with van der Waals surface area (Å²) in [6.07, 6.45) is -0.975. The van der Waals surface area contributed by atoms with E-state index >= 15 is 0 Å². The van der Waals surface area contributed by atoms with Crippen LogP contribution in [0.3, 0.4) is 0 Å². The van der Waals surface area contributed by atoms with E-state index in [9.17, 15) is 18.3 Å². The summed E-state index contributed by atoms with van der Waals surface area (Å²) in [7, 11) is 0. The van der Waals surface area contributed by atoms with Gasteiger partial charge in [0.2, 0.25) is 0 Å². The molecule has 0 heterocycles. The molecule has 3 N–H and O–H groups in total. The van der Waals surface area contributed by atoms with Crippen molar-refractivity contribution in [2.75, 3.05) is 0 Å². The van der Waals surface area contributed by atoms with E-state index in [1.165, 1.54) is 0 Å². The topological polar surface area (TPSA) is 46.2 Å². The van der Waals surface area contributed by atoms with Gasteiger partial charge in [0.15, 0.2) is 17.5 Å². The number of hydrogen-bond acceptors (Lipinski definition) is 2. The molecule has 0 saturated heterocycles. The molecule has 2 atom stereocenters. The average molecular weight is 261 g/mol. The minimum atomic E-state index is -1.54. The van der Waals surface area contributed by atoms with E-state index < -0.39 is 23.6 Å². The van der Waals surface area contributed by atoms with Gasteiger partial charge < -0.3 is 10.8 Å². The zero-order valence-corrected chi connectivity index (χ0v) is 10.7. The Morgan fingerprint density at radius 1 is 1.17 bits per heavy atom. The minimum absolute atomic E-state index is 0.00824. The Hall–Kier alpha value is -1.07. The van der Waals surface area contributed by atoms with Gasteiger partial charge in [0.25, 0.3) is 0 Å². The highest BCUT2D eigenvalue weighted by Gasteiger charge is 2.25. The Labute approximate surface area is 105 Å². The second kappa shape index (κ2) is 5.28. The summed E-state index contributed by atoms with van der Waals surface area (Å²) in [5, 5.41) is 9.86. The standard InChI is InChI=1S/C13H18F3NO/c1-13(2,3)11(17)6-10(18)7-4-8(14)12(16)9(15)5-7/h4-5,10-11,18H,6,17H2,1-3H3/t10-,11+/m0/s1. The van der Waals surface area contributed by atoms with Gasteiger partial charge in [-0.2, -0.15) is 0 Å². The van der Waals surface area contributed by atoms with Crippen molar-refractivity contribution in [1.82, 2.24) is 0 Å². The van der Waals surface area contributed by atoms with Gasteiger partial charge in [0.05, 0.1) is 6.10 Å². The van der Waals surface area contributed by atoms with Crippen molar-refractivity contribution in [1.29, 1.82) is 0 Å². The molecule has 1 aromatic carbocycles. The van der Waals surface area contributed by atoms with Crippen LogP contribution in [0.1, 0.15) is 38.9 Å². The Morgan fingerprint density at radius 3 is 2.00 bits per heavy atom. The van der Waals surface area contributed by atoms with Gasteiger partial charge in [0.1, 0.15) is 0 Å². The molecular formula is C13H18F3NO. The summed E-state index contributed by atoms with van der Waals surface area (Å²) in [4.78, 5) is 0. The maximum Gasteiger partial charge on any atom is 0.194 e. The number of hydrogen-bond donors (Lipinski definition) is 2. The van der Waals surface area contributed by atoms with Gasteiger partial charge >= 0.3 is 0 Å². The fourth-order valence-electron chi connectivity index (χ4n) is 1.50. The monoisotopic (exact) mass is 261 g/mol. The van der Waals surface area contributed by atoms with Crippen LogP contribution in [0, 0.1) is 22.9 Å². The van der Waals surface area contributed by atoms with Crippen LogP contribution in [-0.4, -0.2) is 11.1 Å². The number of rotatable bonds is 3. The van der Waals surface area contributed by atoms with Crippen molar-refractivity contribution in [3.8, 4) is 0 Å². The van der Waals surface area contributed by atoms with Crippen molar-refractivity contribution in [3.63, 3.8) is 0 Å². The molecule has 0 aliphatic heterocycles. The molecule has 0 aliphatic carbocycles. The lowest BCUT2D eigenvalue weighted by Crippen LogP contribution is -2.36. The fourth-order valence-corrected chi connectivity index (χ4v) is 1.50. The summed E-state index contributed by atoms with van der Waals surface area (Å²) < 4.78 is 38.8. The van der Waals surface area contributed by atoms with Crippen molar-refractivity contribution >= 4 is 0 Å². The second-order valence-electron chi connectivity index (χ2n) is 5.52. The van der Waals surface area contributed by atoms with Gasteiger partial charge in [-0.15, -0.1) is 0 Å². The van der Waals surface area contributed by atoms with Crippen molar-refractivity contribution in [3.05, 3.63) is 35.1 Å². The van der Waals surface area contributed by atoms with E-state index in [1.54, 1.807) is 0 Å². The first-order valence-corrected chi connectivity index (χ1v) is 5.71. The highest BCUT2D eigenvalue weighted by Crippen LogP contribution is 2.28. The lowest BCUT2D eigenvalue weighted by molar-refractivity contribution is 0.132. The molecule has 0 unspecified atom stereocenters. The van der Waals surface area contributed by atoms with Crippen LogP contribution in [0.5, 0.6) is 0 Å². The Morgan fingerprint density at radius 2 is 1.61 bits per heavy atom. The van der Waals surface area contributed by atoms with Gasteiger partial charge in [-0.3, -0.25) is 0 Å². The summed E-state index contributed by atoms with van der Waals surface area (Å²) in [5.41, 5.74) is 5.63. The molecule has 0 saturated carbocycles. The van der Waals surface area contributed by atoms with Crippen LogP contribution in [0.2, 0.25) is 0 Å². The van der Waals surface area contributed by atoms with Crippen molar-refractivity contribution in [2.45, 2.75) is 39.3 Å². The number of nitrogens with two attached hydrogens (primary N) is 1. The normalized spacial score (nSPS) is 15.6. The van der Waals surface area contributed by atoms with Crippen LogP contribution in [-0.2, 0) is 0 Å². The third-order valence-electron chi connectivity index (χ3n) is 2.98. The second-order valence-corrected chi connectivity index (χ2v) is 5.52. The molecule has 5 heteroatoms. The maximum atomic E-state index is 13.0. The molecule has 2 nitrogen and oxygen atoms in total. The largest absolute Gasteiger partial charge is 0.388 e. The SMILES string of the molecule is CC(C)(C)[C@H](N)C[C@H](O)c1cc(F)c(F)c(F)c1. The lowest BCUT2D eigenvalue weighted by Gasteiger charge is -2.29. The summed E-state index contributed by atoms with van der Waals surface area (Å²) in [6, 6.07) is 1.24. The summed E-state index contributed by atoms with van der Waals surface area (Å²) in [5.74, 6) is -4.16. The van der Waals surface area contributed by atoms with Crippen molar-refractivity contribution < 1.29 is 18.3 Å². The maximum absolute atomic E-state index is 13.0. The van der Waals surface area contributed by atoms with E-state index in [4.69, 9.17) is 5.73 Å². The van der Waals surface area contributed by atoms with E-state index in [2.05, 4.69) is 0 Å². The Bertz CT molecular complexity index is 406. The van der Waals surface area contributed by atoms with E-state index in [1.807, 2.05) is 20.8 Å². The highest BCUT2D eigenvalue weighted by molar-refractivity contribution is 5.21. The first-order chi connectivity index (χ1) is 8.12. The van der Waals surface area contributed by atoms with E-state index in [0.29, 0.717) is 0 Å². The zero-order chi connectivity index (χ0) is 14.1. The molecule has 18 heavy (non-hydrogen) atoms. The third kappa shape index (κ3) is 3.46. The number of aliphatic hydroxyl groups excluding tert-OH is 1. The molecule has 1 rings (SSSR count).